The molecule has 1 aromatic heterocycles. The molecule has 0 unspecified atom stereocenters. The highest BCUT2D eigenvalue weighted by molar-refractivity contribution is 5.99. The van der Waals surface area contributed by atoms with Crippen LogP contribution in [-0.4, -0.2) is 39.3 Å². The second-order valence-corrected chi connectivity index (χ2v) is 5.00. The van der Waals surface area contributed by atoms with Gasteiger partial charge in [-0.15, -0.1) is 0 Å². The molecule has 3 N–H and O–H groups in total. The summed E-state index contributed by atoms with van der Waals surface area (Å²) in [6, 6.07) is 9.27. The zero-order chi connectivity index (χ0) is 21.1. The number of carbonyl (C=O) groups is 3. The van der Waals surface area contributed by atoms with Crippen LogP contribution in [0.3, 0.4) is 0 Å². The van der Waals surface area contributed by atoms with Gasteiger partial charge >= 0.3 is 5.97 Å². The third-order valence-corrected chi connectivity index (χ3v) is 3.02. The van der Waals surface area contributed by atoms with Crippen LogP contribution in [0, 0.1) is 21.4 Å². The number of aromatic nitrogens is 1. The number of carbonyl (C=O) groups excluding carboxylic acids is 2. The Kier molecular flexibility index (Phi) is 8.23. The molecule has 0 atom stereocenters. The Labute approximate surface area is 158 Å². The van der Waals surface area contributed by atoms with Gasteiger partial charge < -0.3 is 15.7 Å². The molecule has 1 aromatic carbocycles. The Morgan fingerprint density at radius 3 is 2.29 bits per heavy atom. The molecule has 11 nitrogen and oxygen atoms in total. The molecule has 0 aliphatic heterocycles. The van der Waals surface area contributed by atoms with E-state index < -0.39 is 22.7 Å². The Bertz CT molecular complexity index is 903. The first-order chi connectivity index (χ1) is 13.3. The molecule has 2 aromatic rings. The van der Waals surface area contributed by atoms with Gasteiger partial charge in [0.2, 0.25) is 5.91 Å². The van der Waals surface area contributed by atoms with Crippen molar-refractivity contribution in [2.45, 2.75) is 6.92 Å². The van der Waals surface area contributed by atoms with Gasteiger partial charge in [-0.2, -0.15) is 5.26 Å². The summed E-state index contributed by atoms with van der Waals surface area (Å²) in [4.78, 5) is 47.9. The molecule has 0 aliphatic rings. The predicted octanol–water partition coefficient (Wildman–Crippen LogP) is 1.59. The lowest BCUT2D eigenvalue weighted by atomic mass is 10.2. The van der Waals surface area contributed by atoms with Crippen molar-refractivity contribution in [3.8, 4) is 6.07 Å². The summed E-state index contributed by atoms with van der Waals surface area (Å²) in [6.45, 7) is 1.09. The number of hydrogen-bond donors (Lipinski definition) is 3. The van der Waals surface area contributed by atoms with Crippen LogP contribution in [0.1, 0.15) is 27.8 Å². The number of aromatic carboxylic acids is 1. The van der Waals surface area contributed by atoms with E-state index in [-0.39, 0.29) is 29.2 Å². The van der Waals surface area contributed by atoms with Gasteiger partial charge in [0, 0.05) is 24.6 Å². The highest BCUT2D eigenvalue weighted by atomic mass is 16.6. The van der Waals surface area contributed by atoms with Crippen LogP contribution in [0.5, 0.6) is 0 Å². The van der Waals surface area contributed by atoms with Crippen molar-refractivity contribution >= 4 is 29.2 Å². The molecule has 0 radical (unpaired) electrons. The van der Waals surface area contributed by atoms with E-state index in [1.54, 1.807) is 6.07 Å². The molecular weight excluding hydrogens is 370 g/mol. The Balaban J connectivity index is 0.00000122. The second kappa shape index (κ2) is 10.6. The van der Waals surface area contributed by atoms with Crippen LogP contribution in [0.4, 0.5) is 11.4 Å². The number of pyridine rings is 1. The number of nitriles is 1. The molecule has 11 heteroatoms. The van der Waals surface area contributed by atoms with E-state index in [1.165, 1.54) is 49.5 Å². The zero-order valence-corrected chi connectivity index (χ0v) is 14.6. The normalized spacial score (nSPS) is 9.14. The molecule has 144 valence electrons. The van der Waals surface area contributed by atoms with E-state index in [0.29, 0.717) is 0 Å². The van der Waals surface area contributed by atoms with Crippen molar-refractivity contribution in [3.63, 3.8) is 0 Å². The fourth-order valence-electron chi connectivity index (χ4n) is 1.80. The molecule has 2 rings (SSSR count). The van der Waals surface area contributed by atoms with Crippen molar-refractivity contribution in [3.05, 3.63) is 64.0 Å². The summed E-state index contributed by atoms with van der Waals surface area (Å²) in [5.41, 5.74) is 0.140. The SMILES string of the molecule is CC#N.O=C(CNC(=O)c1ccc([N+](=O)[O-])cc1)Nc1ccc(C(=O)O)nc1. The van der Waals surface area contributed by atoms with Crippen LogP contribution in [0.15, 0.2) is 42.6 Å². The maximum atomic E-state index is 11.9. The minimum absolute atomic E-state index is 0.147. The molecule has 0 fully saturated rings. The first-order valence-electron chi connectivity index (χ1n) is 7.61. The quantitative estimate of drug-likeness (QED) is 0.496. The first kappa shape index (κ1) is 21.7. The number of amides is 2. The highest BCUT2D eigenvalue weighted by Gasteiger charge is 2.11. The van der Waals surface area contributed by atoms with Gasteiger partial charge in [0.1, 0.15) is 5.69 Å². The van der Waals surface area contributed by atoms with Gasteiger partial charge in [-0.1, -0.05) is 0 Å². The van der Waals surface area contributed by atoms with Gasteiger partial charge in [0.15, 0.2) is 0 Å². The molecule has 2 amide bonds. The number of rotatable bonds is 6. The molecule has 0 aliphatic carbocycles. The maximum Gasteiger partial charge on any atom is 0.354 e. The number of non-ortho nitro benzene ring substituents is 1. The highest BCUT2D eigenvalue weighted by Crippen LogP contribution is 2.11. The van der Waals surface area contributed by atoms with Gasteiger partial charge in [-0.25, -0.2) is 9.78 Å². The van der Waals surface area contributed by atoms with Gasteiger partial charge in [0.25, 0.3) is 11.6 Å². The number of nitrogens with zero attached hydrogens (tertiary/aromatic N) is 3. The van der Waals surface area contributed by atoms with Crippen LogP contribution in [0.2, 0.25) is 0 Å². The van der Waals surface area contributed by atoms with E-state index in [4.69, 9.17) is 10.4 Å². The van der Waals surface area contributed by atoms with Crippen LogP contribution < -0.4 is 10.6 Å². The lowest BCUT2D eigenvalue weighted by Crippen LogP contribution is -2.32. The second-order valence-electron chi connectivity index (χ2n) is 5.00. The summed E-state index contributed by atoms with van der Waals surface area (Å²) >= 11 is 0. The van der Waals surface area contributed by atoms with Crippen molar-refractivity contribution < 1.29 is 24.4 Å². The van der Waals surface area contributed by atoms with Crippen molar-refractivity contribution in [1.82, 2.24) is 10.3 Å². The van der Waals surface area contributed by atoms with Gasteiger partial charge in [-0.05, 0) is 24.3 Å². The summed E-state index contributed by atoms with van der Waals surface area (Å²) in [7, 11) is 0. The summed E-state index contributed by atoms with van der Waals surface area (Å²) in [5, 5.41) is 31.4. The largest absolute Gasteiger partial charge is 0.477 e. The maximum absolute atomic E-state index is 11.9. The number of hydrogen-bond acceptors (Lipinski definition) is 7. The molecule has 0 saturated carbocycles. The topological polar surface area (TPSA) is 175 Å². The van der Waals surface area contributed by atoms with Gasteiger partial charge in [-0.3, -0.25) is 19.7 Å². The number of carboxylic acid groups (broad SMARTS) is 1. The van der Waals surface area contributed by atoms with Crippen LogP contribution in [-0.2, 0) is 4.79 Å². The third-order valence-electron chi connectivity index (χ3n) is 3.02. The van der Waals surface area contributed by atoms with Crippen molar-refractivity contribution in [2.24, 2.45) is 0 Å². The van der Waals surface area contributed by atoms with E-state index in [1.807, 2.05) is 0 Å². The van der Waals surface area contributed by atoms with E-state index in [9.17, 15) is 24.5 Å². The minimum Gasteiger partial charge on any atom is -0.477 e. The van der Waals surface area contributed by atoms with E-state index >= 15 is 0 Å². The average molecular weight is 385 g/mol. The minimum atomic E-state index is -1.19. The number of carboxylic acids is 1. The fourth-order valence-corrected chi connectivity index (χ4v) is 1.80. The molecule has 1 heterocycles. The predicted molar refractivity (Wildman–Crippen MR) is 96.5 cm³/mol. The molecular formula is C17H15N5O6. The van der Waals surface area contributed by atoms with Crippen molar-refractivity contribution in [2.75, 3.05) is 11.9 Å². The summed E-state index contributed by atoms with van der Waals surface area (Å²) < 4.78 is 0. The number of nitro groups is 1. The molecule has 0 bridgehead atoms. The lowest BCUT2D eigenvalue weighted by Gasteiger charge is -2.07. The standard InChI is InChI=1S/C15H12N4O6.C2H3N/c20-13(18-10-3-6-12(15(22)23)16-7-10)8-17-14(21)9-1-4-11(5-2-9)19(24)25;1-2-3/h1-7H,8H2,(H,17,21)(H,18,20)(H,22,23);1H3. The summed E-state index contributed by atoms with van der Waals surface area (Å²) in [6.07, 6.45) is 1.18. The monoisotopic (exact) mass is 385 g/mol. The van der Waals surface area contributed by atoms with E-state index in [2.05, 4.69) is 15.6 Å². The number of benzene rings is 1. The smallest absolute Gasteiger partial charge is 0.354 e. The Hall–Kier alpha value is -4.33. The molecule has 0 spiro atoms. The Morgan fingerprint density at radius 2 is 1.82 bits per heavy atom. The molecule has 0 saturated heterocycles. The first-order valence-corrected chi connectivity index (χ1v) is 7.61. The average Bonchev–Trinajstić information content (AvgIpc) is 2.67. The molecule has 28 heavy (non-hydrogen) atoms. The van der Waals surface area contributed by atoms with Crippen molar-refractivity contribution in [1.29, 1.82) is 5.26 Å². The number of nitrogens with one attached hydrogen (secondary N) is 2. The zero-order valence-electron chi connectivity index (χ0n) is 14.6. The fraction of sp³-hybridized carbons (Fsp3) is 0.118. The number of anilines is 1. The van der Waals surface area contributed by atoms with Crippen LogP contribution in [0.25, 0.3) is 0 Å². The number of nitro benzene ring substituents is 1. The summed E-state index contributed by atoms with van der Waals surface area (Å²) in [5.74, 6) is -2.29. The van der Waals surface area contributed by atoms with Crippen LogP contribution >= 0.6 is 0 Å². The van der Waals surface area contributed by atoms with E-state index in [0.717, 1.165) is 0 Å². The third kappa shape index (κ3) is 6.89. The Morgan fingerprint density at radius 1 is 1.21 bits per heavy atom. The van der Waals surface area contributed by atoms with Gasteiger partial charge in [0.05, 0.1) is 29.4 Å². The lowest BCUT2D eigenvalue weighted by molar-refractivity contribution is -0.384.